The third-order valence-electron chi connectivity index (χ3n) is 3.60. The SMILES string of the molecule is Cc1cc(Cl)ccc1-c1nc(-c2ccccc2)ncc1/C=N/CO. The van der Waals surface area contributed by atoms with Crippen LogP contribution in [0.25, 0.3) is 22.6 Å². The molecule has 0 saturated carbocycles. The highest BCUT2D eigenvalue weighted by Gasteiger charge is 2.12. The van der Waals surface area contributed by atoms with E-state index in [-0.39, 0.29) is 6.73 Å². The summed E-state index contributed by atoms with van der Waals surface area (Å²) in [6, 6.07) is 15.5. The van der Waals surface area contributed by atoms with Gasteiger partial charge in [-0.3, -0.25) is 4.99 Å². The molecule has 0 aliphatic carbocycles. The molecule has 0 spiro atoms. The predicted molar refractivity (Wildman–Crippen MR) is 97.3 cm³/mol. The minimum atomic E-state index is -0.278. The molecule has 1 aromatic heterocycles. The van der Waals surface area contributed by atoms with Gasteiger partial charge in [0.25, 0.3) is 0 Å². The summed E-state index contributed by atoms with van der Waals surface area (Å²) in [7, 11) is 0. The van der Waals surface area contributed by atoms with Gasteiger partial charge < -0.3 is 5.11 Å². The predicted octanol–water partition coefficient (Wildman–Crippen LogP) is 4.14. The maximum atomic E-state index is 8.96. The molecule has 5 heteroatoms. The van der Waals surface area contributed by atoms with Crippen molar-refractivity contribution in [3.8, 4) is 22.6 Å². The van der Waals surface area contributed by atoms with Crippen LogP contribution in [-0.4, -0.2) is 28.0 Å². The molecular weight excluding hydrogens is 322 g/mol. The summed E-state index contributed by atoms with van der Waals surface area (Å²) in [5.74, 6) is 0.640. The molecule has 0 bridgehead atoms. The van der Waals surface area contributed by atoms with E-state index in [9.17, 15) is 0 Å². The average Bonchev–Trinajstić information content (AvgIpc) is 2.61. The van der Waals surface area contributed by atoms with Gasteiger partial charge in [-0.15, -0.1) is 0 Å². The van der Waals surface area contributed by atoms with Crippen LogP contribution in [0.2, 0.25) is 5.02 Å². The van der Waals surface area contributed by atoms with E-state index in [2.05, 4.69) is 9.98 Å². The first-order valence-electron chi connectivity index (χ1n) is 7.48. The number of halogens is 1. The van der Waals surface area contributed by atoms with Gasteiger partial charge >= 0.3 is 0 Å². The van der Waals surface area contributed by atoms with Crippen molar-refractivity contribution < 1.29 is 5.11 Å². The number of nitrogens with zero attached hydrogens (tertiary/aromatic N) is 3. The fraction of sp³-hybridized carbons (Fsp3) is 0.105. The first kappa shape index (κ1) is 16.3. The molecule has 0 aliphatic heterocycles. The van der Waals surface area contributed by atoms with Gasteiger partial charge in [0.2, 0.25) is 0 Å². The highest BCUT2D eigenvalue weighted by Crippen LogP contribution is 2.28. The van der Waals surface area contributed by atoms with Crippen LogP contribution in [0.5, 0.6) is 0 Å². The van der Waals surface area contributed by atoms with Crippen LogP contribution in [0, 0.1) is 6.92 Å². The molecule has 0 amide bonds. The van der Waals surface area contributed by atoms with Crippen LogP contribution >= 0.6 is 11.6 Å². The number of hydrogen-bond acceptors (Lipinski definition) is 4. The lowest BCUT2D eigenvalue weighted by Crippen LogP contribution is -1.99. The fourth-order valence-corrected chi connectivity index (χ4v) is 2.69. The van der Waals surface area contributed by atoms with E-state index >= 15 is 0 Å². The topological polar surface area (TPSA) is 58.4 Å². The average molecular weight is 338 g/mol. The number of aromatic nitrogens is 2. The van der Waals surface area contributed by atoms with Crippen molar-refractivity contribution in [2.75, 3.05) is 6.73 Å². The Hall–Kier alpha value is -2.56. The molecule has 1 N–H and O–H groups in total. The Labute approximate surface area is 145 Å². The molecule has 4 nitrogen and oxygen atoms in total. The highest BCUT2D eigenvalue weighted by molar-refractivity contribution is 6.30. The summed E-state index contributed by atoms with van der Waals surface area (Å²) in [6.45, 7) is 1.71. The van der Waals surface area contributed by atoms with E-state index in [1.165, 1.54) is 0 Å². The molecule has 1 heterocycles. The van der Waals surface area contributed by atoms with Crippen LogP contribution in [0.1, 0.15) is 11.1 Å². The van der Waals surface area contributed by atoms with Crippen molar-refractivity contribution in [3.63, 3.8) is 0 Å². The number of aliphatic hydroxyl groups excluding tert-OH is 1. The zero-order valence-electron chi connectivity index (χ0n) is 13.1. The lowest BCUT2D eigenvalue weighted by atomic mass is 10.0. The first-order chi connectivity index (χ1) is 11.7. The smallest absolute Gasteiger partial charge is 0.159 e. The van der Waals surface area contributed by atoms with E-state index < -0.39 is 0 Å². The highest BCUT2D eigenvalue weighted by atomic mass is 35.5. The Kier molecular flexibility index (Phi) is 4.99. The lowest BCUT2D eigenvalue weighted by molar-refractivity contribution is 0.310. The second kappa shape index (κ2) is 7.34. The number of rotatable bonds is 4. The van der Waals surface area contributed by atoms with Gasteiger partial charge in [-0.05, 0) is 24.6 Å². The summed E-state index contributed by atoms with van der Waals surface area (Å²) in [5.41, 5.74) is 4.41. The molecule has 0 fully saturated rings. The van der Waals surface area contributed by atoms with Crippen LogP contribution in [0.15, 0.2) is 59.7 Å². The van der Waals surface area contributed by atoms with Gasteiger partial charge in [0.1, 0.15) is 6.73 Å². The largest absolute Gasteiger partial charge is 0.375 e. The second-order valence-corrected chi connectivity index (χ2v) is 5.71. The summed E-state index contributed by atoms with van der Waals surface area (Å²) in [4.78, 5) is 13.1. The minimum absolute atomic E-state index is 0.278. The van der Waals surface area contributed by atoms with Crippen LogP contribution in [0.3, 0.4) is 0 Å². The van der Waals surface area contributed by atoms with E-state index in [0.717, 1.165) is 27.9 Å². The Morgan fingerprint density at radius 3 is 2.67 bits per heavy atom. The van der Waals surface area contributed by atoms with E-state index in [4.69, 9.17) is 21.7 Å². The maximum absolute atomic E-state index is 8.96. The van der Waals surface area contributed by atoms with Crippen LogP contribution in [0.4, 0.5) is 0 Å². The Balaban J connectivity index is 2.18. The number of aliphatic imine (C=N–C) groups is 1. The summed E-state index contributed by atoms with van der Waals surface area (Å²) in [5, 5.41) is 9.64. The molecular formula is C19H16ClN3O. The first-order valence-corrected chi connectivity index (χ1v) is 7.86. The Morgan fingerprint density at radius 1 is 1.17 bits per heavy atom. The number of aliphatic hydroxyl groups is 1. The van der Waals surface area contributed by atoms with Crippen LogP contribution in [-0.2, 0) is 0 Å². The molecule has 120 valence electrons. The van der Waals surface area contributed by atoms with Crippen molar-refractivity contribution in [1.29, 1.82) is 0 Å². The van der Waals surface area contributed by atoms with Gasteiger partial charge in [0.05, 0.1) is 5.69 Å². The molecule has 2 aromatic carbocycles. The molecule has 0 radical (unpaired) electrons. The third kappa shape index (κ3) is 3.50. The normalized spacial score (nSPS) is 11.1. The van der Waals surface area contributed by atoms with Crippen LogP contribution < -0.4 is 0 Å². The molecule has 24 heavy (non-hydrogen) atoms. The Morgan fingerprint density at radius 2 is 1.96 bits per heavy atom. The molecule has 0 unspecified atom stereocenters. The molecule has 0 atom stereocenters. The van der Waals surface area contributed by atoms with Crippen molar-refractivity contribution in [2.24, 2.45) is 4.99 Å². The lowest BCUT2D eigenvalue weighted by Gasteiger charge is -2.10. The standard InChI is InChI=1S/C19H16ClN3O/c1-13-9-16(20)7-8-17(13)18-15(10-21-12-24)11-22-19(23-18)14-5-3-2-4-6-14/h2-11,24H,12H2,1H3/b21-10+. The molecule has 3 aromatic rings. The van der Waals surface area contributed by atoms with Gasteiger partial charge in [-0.25, -0.2) is 9.97 Å². The minimum Gasteiger partial charge on any atom is -0.375 e. The van der Waals surface area contributed by atoms with E-state index in [0.29, 0.717) is 10.8 Å². The molecule has 0 aliphatic rings. The van der Waals surface area contributed by atoms with Crippen molar-refractivity contribution in [3.05, 3.63) is 70.9 Å². The van der Waals surface area contributed by atoms with Crippen molar-refractivity contribution in [1.82, 2.24) is 9.97 Å². The monoisotopic (exact) mass is 337 g/mol. The van der Waals surface area contributed by atoms with Gasteiger partial charge in [-0.1, -0.05) is 48.0 Å². The summed E-state index contributed by atoms with van der Waals surface area (Å²) in [6.07, 6.45) is 3.30. The van der Waals surface area contributed by atoms with E-state index in [1.807, 2.05) is 55.5 Å². The quantitative estimate of drug-likeness (QED) is 0.728. The van der Waals surface area contributed by atoms with Gasteiger partial charge in [0.15, 0.2) is 5.82 Å². The van der Waals surface area contributed by atoms with Gasteiger partial charge in [0, 0.05) is 34.1 Å². The third-order valence-corrected chi connectivity index (χ3v) is 3.84. The van der Waals surface area contributed by atoms with E-state index in [1.54, 1.807) is 12.4 Å². The fourth-order valence-electron chi connectivity index (χ4n) is 2.46. The molecule has 3 rings (SSSR count). The van der Waals surface area contributed by atoms with Crippen molar-refractivity contribution >= 4 is 17.8 Å². The number of aryl methyl sites for hydroxylation is 1. The summed E-state index contributed by atoms with van der Waals surface area (Å²) >= 11 is 6.06. The van der Waals surface area contributed by atoms with Gasteiger partial charge in [-0.2, -0.15) is 0 Å². The number of benzene rings is 2. The maximum Gasteiger partial charge on any atom is 0.159 e. The molecule has 0 saturated heterocycles. The zero-order chi connectivity index (χ0) is 16.9. The zero-order valence-corrected chi connectivity index (χ0v) is 13.9. The van der Waals surface area contributed by atoms with Crippen molar-refractivity contribution in [2.45, 2.75) is 6.92 Å². The number of hydrogen-bond donors (Lipinski definition) is 1. The second-order valence-electron chi connectivity index (χ2n) is 5.28. The Bertz CT molecular complexity index is 879. The summed E-state index contributed by atoms with van der Waals surface area (Å²) < 4.78 is 0.